The van der Waals surface area contributed by atoms with Crippen molar-refractivity contribution in [2.24, 2.45) is 0 Å². The SMILES string of the molecule is O=c1nc2ccccc2cn1-c1ccccc1Br. The minimum Gasteiger partial charge on any atom is -0.266 e. The fraction of sp³-hybridized carbons (Fsp3) is 0. The topological polar surface area (TPSA) is 34.9 Å². The molecule has 2 aromatic carbocycles. The summed E-state index contributed by atoms with van der Waals surface area (Å²) in [6, 6.07) is 15.2. The van der Waals surface area contributed by atoms with Crippen LogP contribution in [0.3, 0.4) is 0 Å². The molecule has 88 valence electrons. The van der Waals surface area contributed by atoms with Crippen LogP contribution in [0.5, 0.6) is 0 Å². The van der Waals surface area contributed by atoms with Gasteiger partial charge < -0.3 is 0 Å². The van der Waals surface area contributed by atoms with E-state index in [2.05, 4.69) is 20.9 Å². The van der Waals surface area contributed by atoms with Crippen LogP contribution in [0.15, 0.2) is 64.0 Å². The zero-order valence-electron chi connectivity index (χ0n) is 9.38. The van der Waals surface area contributed by atoms with E-state index >= 15 is 0 Å². The van der Waals surface area contributed by atoms with E-state index in [0.717, 1.165) is 15.5 Å². The number of rotatable bonds is 1. The predicted molar refractivity (Wildman–Crippen MR) is 75.0 cm³/mol. The number of para-hydroxylation sites is 2. The summed E-state index contributed by atoms with van der Waals surface area (Å²) in [6.45, 7) is 0. The van der Waals surface area contributed by atoms with E-state index in [1.54, 1.807) is 4.57 Å². The molecule has 1 heterocycles. The summed E-state index contributed by atoms with van der Waals surface area (Å²) in [5, 5.41) is 0.938. The molecule has 0 fully saturated rings. The van der Waals surface area contributed by atoms with E-state index in [1.807, 2.05) is 54.7 Å². The minimum atomic E-state index is -0.277. The Balaban J connectivity index is 2.33. The van der Waals surface area contributed by atoms with Gasteiger partial charge in [0.15, 0.2) is 0 Å². The first-order valence-electron chi connectivity index (χ1n) is 5.49. The van der Waals surface area contributed by atoms with Gasteiger partial charge in [0.05, 0.1) is 11.2 Å². The summed E-state index contributed by atoms with van der Waals surface area (Å²) in [5.41, 5.74) is 1.23. The highest BCUT2D eigenvalue weighted by molar-refractivity contribution is 9.10. The molecular formula is C14H9BrN2O. The largest absolute Gasteiger partial charge is 0.352 e. The highest BCUT2D eigenvalue weighted by Gasteiger charge is 2.05. The molecule has 0 bridgehead atoms. The first kappa shape index (κ1) is 11.2. The van der Waals surface area contributed by atoms with E-state index in [-0.39, 0.29) is 5.69 Å². The summed E-state index contributed by atoms with van der Waals surface area (Å²) < 4.78 is 2.41. The van der Waals surface area contributed by atoms with Gasteiger partial charge in [-0.15, -0.1) is 0 Å². The van der Waals surface area contributed by atoms with Gasteiger partial charge in [0.2, 0.25) is 0 Å². The maximum atomic E-state index is 12.0. The Kier molecular flexibility index (Phi) is 2.72. The second kappa shape index (κ2) is 4.38. The molecule has 3 nitrogen and oxygen atoms in total. The molecule has 0 aliphatic rings. The molecule has 0 spiro atoms. The van der Waals surface area contributed by atoms with Crippen molar-refractivity contribution in [3.05, 3.63) is 69.7 Å². The minimum absolute atomic E-state index is 0.277. The van der Waals surface area contributed by atoms with Gasteiger partial charge in [-0.05, 0) is 34.1 Å². The summed E-state index contributed by atoms with van der Waals surface area (Å²) in [5.74, 6) is 0. The normalized spacial score (nSPS) is 10.7. The van der Waals surface area contributed by atoms with E-state index in [1.165, 1.54) is 0 Å². The van der Waals surface area contributed by atoms with E-state index < -0.39 is 0 Å². The van der Waals surface area contributed by atoms with Crippen LogP contribution in [0.1, 0.15) is 0 Å². The Morgan fingerprint density at radius 2 is 1.72 bits per heavy atom. The molecule has 18 heavy (non-hydrogen) atoms. The van der Waals surface area contributed by atoms with Gasteiger partial charge in [0, 0.05) is 16.1 Å². The number of aromatic nitrogens is 2. The molecule has 0 saturated carbocycles. The van der Waals surface area contributed by atoms with Crippen LogP contribution in [0, 0.1) is 0 Å². The molecule has 0 N–H and O–H groups in total. The quantitative estimate of drug-likeness (QED) is 0.692. The Labute approximate surface area is 112 Å². The lowest BCUT2D eigenvalue weighted by Gasteiger charge is -2.08. The average Bonchev–Trinajstić information content (AvgIpc) is 2.39. The van der Waals surface area contributed by atoms with Gasteiger partial charge in [-0.1, -0.05) is 30.3 Å². The fourth-order valence-electron chi connectivity index (χ4n) is 1.87. The Morgan fingerprint density at radius 3 is 2.56 bits per heavy atom. The van der Waals surface area contributed by atoms with Crippen molar-refractivity contribution >= 4 is 26.8 Å². The Morgan fingerprint density at radius 1 is 1.00 bits per heavy atom. The Bertz CT molecular complexity index is 780. The second-order valence-corrected chi connectivity index (χ2v) is 4.76. The van der Waals surface area contributed by atoms with Crippen molar-refractivity contribution in [3.8, 4) is 5.69 Å². The van der Waals surface area contributed by atoms with Crippen LogP contribution in [-0.2, 0) is 0 Å². The standard InChI is InChI=1S/C14H9BrN2O/c15-11-6-2-4-8-13(11)17-9-10-5-1-3-7-12(10)16-14(17)18/h1-9H. The molecular weight excluding hydrogens is 292 g/mol. The zero-order valence-corrected chi connectivity index (χ0v) is 11.0. The van der Waals surface area contributed by atoms with Gasteiger partial charge in [-0.2, -0.15) is 4.98 Å². The number of hydrogen-bond acceptors (Lipinski definition) is 2. The van der Waals surface area contributed by atoms with Gasteiger partial charge in [-0.25, -0.2) is 4.79 Å². The molecule has 0 aliphatic carbocycles. The number of fused-ring (bicyclic) bond motifs is 1. The smallest absolute Gasteiger partial charge is 0.266 e. The molecule has 0 radical (unpaired) electrons. The molecule has 0 unspecified atom stereocenters. The number of benzene rings is 2. The summed E-state index contributed by atoms with van der Waals surface area (Å²) >= 11 is 3.44. The summed E-state index contributed by atoms with van der Waals surface area (Å²) in [7, 11) is 0. The molecule has 3 rings (SSSR count). The summed E-state index contributed by atoms with van der Waals surface area (Å²) in [4.78, 5) is 16.1. The van der Waals surface area contributed by atoms with Gasteiger partial charge in [0.25, 0.3) is 0 Å². The van der Waals surface area contributed by atoms with Crippen LogP contribution in [0.2, 0.25) is 0 Å². The highest BCUT2D eigenvalue weighted by atomic mass is 79.9. The predicted octanol–water partition coefficient (Wildman–Crippen LogP) is 3.15. The Hall–Kier alpha value is -1.94. The first-order valence-corrected chi connectivity index (χ1v) is 6.28. The van der Waals surface area contributed by atoms with Crippen molar-refractivity contribution < 1.29 is 0 Å². The van der Waals surface area contributed by atoms with Crippen molar-refractivity contribution in [1.29, 1.82) is 0 Å². The first-order chi connectivity index (χ1) is 8.75. The van der Waals surface area contributed by atoms with Crippen LogP contribution >= 0.6 is 15.9 Å². The van der Waals surface area contributed by atoms with Gasteiger partial charge in [0.1, 0.15) is 0 Å². The maximum Gasteiger partial charge on any atom is 0.352 e. The third-order valence-corrected chi connectivity index (χ3v) is 3.41. The number of hydrogen-bond donors (Lipinski definition) is 0. The van der Waals surface area contributed by atoms with Crippen LogP contribution in [0.4, 0.5) is 0 Å². The van der Waals surface area contributed by atoms with Gasteiger partial charge in [-0.3, -0.25) is 4.57 Å². The zero-order chi connectivity index (χ0) is 12.5. The molecule has 0 aliphatic heterocycles. The van der Waals surface area contributed by atoms with E-state index in [0.29, 0.717) is 5.52 Å². The van der Waals surface area contributed by atoms with Gasteiger partial charge >= 0.3 is 5.69 Å². The molecule has 4 heteroatoms. The van der Waals surface area contributed by atoms with Crippen LogP contribution in [0.25, 0.3) is 16.6 Å². The molecule has 0 saturated heterocycles. The van der Waals surface area contributed by atoms with E-state index in [4.69, 9.17) is 0 Å². The monoisotopic (exact) mass is 300 g/mol. The highest BCUT2D eigenvalue weighted by Crippen LogP contribution is 2.20. The molecule has 1 aromatic heterocycles. The lowest BCUT2D eigenvalue weighted by atomic mass is 10.2. The van der Waals surface area contributed by atoms with Crippen LogP contribution < -0.4 is 5.69 Å². The lowest BCUT2D eigenvalue weighted by Crippen LogP contribution is -2.20. The van der Waals surface area contributed by atoms with E-state index in [9.17, 15) is 4.79 Å². The van der Waals surface area contributed by atoms with Crippen molar-refractivity contribution in [3.63, 3.8) is 0 Å². The average molecular weight is 301 g/mol. The van der Waals surface area contributed by atoms with Crippen molar-refractivity contribution in [2.75, 3.05) is 0 Å². The number of halogens is 1. The third-order valence-electron chi connectivity index (χ3n) is 2.74. The molecule has 0 amide bonds. The summed E-state index contributed by atoms with van der Waals surface area (Å²) in [6.07, 6.45) is 1.81. The van der Waals surface area contributed by atoms with Crippen LogP contribution in [-0.4, -0.2) is 9.55 Å². The van der Waals surface area contributed by atoms with Crippen molar-refractivity contribution in [1.82, 2.24) is 9.55 Å². The molecule has 0 atom stereocenters. The third kappa shape index (κ3) is 1.84. The lowest BCUT2D eigenvalue weighted by molar-refractivity contribution is 0.934. The fourth-order valence-corrected chi connectivity index (χ4v) is 2.35. The number of nitrogens with zero attached hydrogens (tertiary/aromatic N) is 2. The van der Waals surface area contributed by atoms with Crippen molar-refractivity contribution in [2.45, 2.75) is 0 Å². The maximum absolute atomic E-state index is 12.0. The molecule has 3 aromatic rings. The second-order valence-electron chi connectivity index (χ2n) is 3.90.